The Morgan fingerprint density at radius 1 is 1.17 bits per heavy atom. The van der Waals surface area contributed by atoms with Gasteiger partial charge < -0.3 is 5.32 Å². The SMILES string of the molecule is CC(=O)NCCc1ccc(C(=O)CSc2nc3ccccc3c3nc(C)nn23)s1. The molecule has 0 aliphatic carbocycles. The van der Waals surface area contributed by atoms with E-state index in [9.17, 15) is 9.59 Å². The van der Waals surface area contributed by atoms with Crippen molar-refractivity contribution in [3.8, 4) is 0 Å². The second kappa shape index (κ2) is 8.30. The molecule has 1 amide bonds. The Labute approximate surface area is 175 Å². The monoisotopic (exact) mass is 425 g/mol. The minimum Gasteiger partial charge on any atom is -0.356 e. The van der Waals surface area contributed by atoms with Crippen LogP contribution in [0.3, 0.4) is 0 Å². The first-order valence-electron chi connectivity index (χ1n) is 9.12. The largest absolute Gasteiger partial charge is 0.356 e. The quantitative estimate of drug-likeness (QED) is 0.278. The number of rotatable bonds is 7. The fourth-order valence-corrected chi connectivity index (χ4v) is 4.82. The van der Waals surface area contributed by atoms with Gasteiger partial charge in [-0.05, 0) is 37.6 Å². The number of para-hydroxylation sites is 1. The zero-order valence-electron chi connectivity index (χ0n) is 16.0. The summed E-state index contributed by atoms with van der Waals surface area (Å²) >= 11 is 2.83. The summed E-state index contributed by atoms with van der Waals surface area (Å²) in [7, 11) is 0. The number of aromatic nitrogens is 4. The van der Waals surface area contributed by atoms with Crippen LogP contribution in [0.15, 0.2) is 41.6 Å². The van der Waals surface area contributed by atoms with Gasteiger partial charge in [-0.25, -0.2) is 9.97 Å². The summed E-state index contributed by atoms with van der Waals surface area (Å²) in [4.78, 5) is 34.6. The minimum absolute atomic E-state index is 0.0470. The first-order chi connectivity index (χ1) is 14.0. The number of carbonyl (C=O) groups excluding carboxylic acids is 2. The van der Waals surface area contributed by atoms with E-state index < -0.39 is 0 Å². The van der Waals surface area contributed by atoms with Crippen molar-refractivity contribution in [2.24, 2.45) is 0 Å². The summed E-state index contributed by atoms with van der Waals surface area (Å²) in [6.07, 6.45) is 0.718. The van der Waals surface area contributed by atoms with Crippen molar-refractivity contribution in [2.75, 3.05) is 12.3 Å². The highest BCUT2D eigenvalue weighted by molar-refractivity contribution is 7.99. The lowest BCUT2D eigenvalue weighted by molar-refractivity contribution is -0.118. The molecular weight excluding hydrogens is 406 g/mol. The van der Waals surface area contributed by atoms with E-state index in [4.69, 9.17) is 0 Å². The van der Waals surface area contributed by atoms with Crippen LogP contribution in [0.4, 0.5) is 0 Å². The van der Waals surface area contributed by atoms with Crippen molar-refractivity contribution in [1.29, 1.82) is 0 Å². The summed E-state index contributed by atoms with van der Waals surface area (Å²) in [6, 6.07) is 11.6. The number of benzene rings is 1. The van der Waals surface area contributed by atoms with E-state index in [1.54, 1.807) is 4.52 Å². The molecule has 0 unspecified atom stereocenters. The number of nitrogens with zero attached hydrogens (tertiary/aromatic N) is 4. The number of thioether (sulfide) groups is 1. The Morgan fingerprint density at radius 3 is 2.83 bits per heavy atom. The van der Waals surface area contributed by atoms with Gasteiger partial charge in [0.1, 0.15) is 5.82 Å². The van der Waals surface area contributed by atoms with E-state index in [-0.39, 0.29) is 17.4 Å². The molecule has 0 spiro atoms. The van der Waals surface area contributed by atoms with E-state index in [1.807, 2.05) is 43.3 Å². The molecule has 0 fully saturated rings. The van der Waals surface area contributed by atoms with Gasteiger partial charge in [0.15, 0.2) is 16.6 Å². The number of thiophene rings is 1. The van der Waals surface area contributed by atoms with Crippen LogP contribution in [-0.4, -0.2) is 43.6 Å². The van der Waals surface area contributed by atoms with Gasteiger partial charge in [0.25, 0.3) is 0 Å². The molecule has 4 aromatic rings. The molecule has 0 atom stereocenters. The lowest BCUT2D eigenvalue weighted by atomic mass is 10.2. The zero-order valence-corrected chi connectivity index (χ0v) is 17.6. The lowest BCUT2D eigenvalue weighted by Crippen LogP contribution is -2.22. The van der Waals surface area contributed by atoms with E-state index in [1.165, 1.54) is 30.0 Å². The maximum Gasteiger partial charge on any atom is 0.216 e. The molecule has 29 heavy (non-hydrogen) atoms. The van der Waals surface area contributed by atoms with E-state index in [2.05, 4.69) is 20.4 Å². The number of fused-ring (bicyclic) bond motifs is 3. The second-order valence-electron chi connectivity index (χ2n) is 6.52. The average molecular weight is 426 g/mol. The number of carbonyl (C=O) groups is 2. The molecule has 3 heterocycles. The van der Waals surface area contributed by atoms with Crippen molar-refractivity contribution in [1.82, 2.24) is 24.9 Å². The molecule has 4 rings (SSSR count). The number of hydrogen-bond acceptors (Lipinski definition) is 7. The first-order valence-corrected chi connectivity index (χ1v) is 10.9. The predicted octanol–water partition coefficient (Wildman–Crippen LogP) is 3.30. The highest BCUT2D eigenvalue weighted by Crippen LogP contribution is 2.25. The van der Waals surface area contributed by atoms with Gasteiger partial charge in [-0.3, -0.25) is 9.59 Å². The smallest absolute Gasteiger partial charge is 0.216 e. The fourth-order valence-electron chi connectivity index (χ4n) is 2.95. The summed E-state index contributed by atoms with van der Waals surface area (Å²) in [5, 5.41) is 8.80. The molecular formula is C20H19N5O2S2. The number of amides is 1. The maximum atomic E-state index is 12.7. The Bertz CT molecular complexity index is 1210. The molecule has 0 saturated carbocycles. The van der Waals surface area contributed by atoms with Crippen molar-refractivity contribution in [2.45, 2.75) is 25.4 Å². The highest BCUT2D eigenvalue weighted by atomic mass is 32.2. The number of aryl methyl sites for hydroxylation is 1. The topological polar surface area (TPSA) is 89.2 Å². The Balaban J connectivity index is 1.50. The standard InChI is InChI=1S/C20H19N5O2S2/c1-12-22-19-15-5-3-4-6-16(15)23-20(25(19)24-12)28-11-17(27)18-8-7-14(29-18)9-10-21-13(2)26/h3-8H,9-11H2,1-2H3,(H,21,26). The van der Waals surface area contributed by atoms with Crippen molar-refractivity contribution < 1.29 is 9.59 Å². The maximum absolute atomic E-state index is 12.7. The number of hydrogen-bond donors (Lipinski definition) is 1. The van der Waals surface area contributed by atoms with Gasteiger partial charge in [0, 0.05) is 23.7 Å². The summed E-state index contributed by atoms with van der Waals surface area (Å²) < 4.78 is 1.71. The normalized spacial score (nSPS) is 11.2. The molecule has 0 bridgehead atoms. The van der Waals surface area contributed by atoms with Crippen LogP contribution in [0.1, 0.15) is 27.3 Å². The first kappa shape index (κ1) is 19.5. The van der Waals surface area contributed by atoms with Crippen LogP contribution in [0.5, 0.6) is 0 Å². The molecule has 3 aromatic heterocycles. The molecule has 148 valence electrons. The van der Waals surface area contributed by atoms with Crippen LogP contribution in [0, 0.1) is 6.92 Å². The molecule has 0 aliphatic rings. The van der Waals surface area contributed by atoms with Gasteiger partial charge in [-0.15, -0.1) is 16.4 Å². The Morgan fingerprint density at radius 2 is 2.00 bits per heavy atom. The van der Waals surface area contributed by atoms with Gasteiger partial charge in [0.2, 0.25) is 5.91 Å². The molecule has 1 N–H and O–H groups in total. The zero-order chi connectivity index (χ0) is 20.4. The molecule has 0 radical (unpaired) electrons. The third-order valence-corrected chi connectivity index (χ3v) is 6.38. The summed E-state index contributed by atoms with van der Waals surface area (Å²) in [5.74, 6) is 0.932. The van der Waals surface area contributed by atoms with E-state index >= 15 is 0 Å². The molecule has 9 heteroatoms. The third kappa shape index (κ3) is 4.30. The van der Waals surface area contributed by atoms with Crippen molar-refractivity contribution >= 4 is 51.3 Å². The molecule has 7 nitrogen and oxygen atoms in total. The summed E-state index contributed by atoms with van der Waals surface area (Å²) in [6.45, 7) is 3.91. The molecule has 1 aromatic carbocycles. The van der Waals surface area contributed by atoms with Gasteiger partial charge in [-0.2, -0.15) is 4.52 Å². The number of Topliss-reactive ketones (excluding diaryl/α,β-unsaturated/α-hetero) is 1. The summed E-state index contributed by atoms with van der Waals surface area (Å²) in [5.41, 5.74) is 1.58. The number of ketones is 1. The fraction of sp³-hybridized carbons (Fsp3) is 0.250. The molecule has 0 saturated heterocycles. The van der Waals surface area contributed by atoms with Crippen LogP contribution < -0.4 is 5.32 Å². The van der Waals surface area contributed by atoms with Crippen LogP contribution >= 0.6 is 23.1 Å². The van der Waals surface area contributed by atoms with Gasteiger partial charge >= 0.3 is 0 Å². The number of nitrogens with one attached hydrogen (secondary N) is 1. The van der Waals surface area contributed by atoms with Crippen molar-refractivity contribution in [3.05, 3.63) is 52.0 Å². The highest BCUT2D eigenvalue weighted by Gasteiger charge is 2.15. The molecule has 0 aliphatic heterocycles. The Hall–Kier alpha value is -2.78. The van der Waals surface area contributed by atoms with E-state index in [0.717, 1.165) is 27.8 Å². The van der Waals surface area contributed by atoms with Crippen LogP contribution in [0.25, 0.3) is 16.6 Å². The second-order valence-corrected chi connectivity index (χ2v) is 8.63. The van der Waals surface area contributed by atoms with Gasteiger partial charge in [-0.1, -0.05) is 23.9 Å². The predicted molar refractivity (Wildman–Crippen MR) is 115 cm³/mol. The van der Waals surface area contributed by atoms with Gasteiger partial charge in [0.05, 0.1) is 16.1 Å². The van der Waals surface area contributed by atoms with E-state index in [0.29, 0.717) is 22.4 Å². The average Bonchev–Trinajstić information content (AvgIpc) is 3.32. The lowest BCUT2D eigenvalue weighted by Gasteiger charge is -2.05. The third-order valence-electron chi connectivity index (χ3n) is 4.27. The van der Waals surface area contributed by atoms with Crippen LogP contribution in [0.2, 0.25) is 0 Å². The minimum atomic E-state index is -0.0493. The Kier molecular flexibility index (Phi) is 5.59. The van der Waals surface area contributed by atoms with Crippen molar-refractivity contribution in [3.63, 3.8) is 0 Å². The van der Waals surface area contributed by atoms with Crippen LogP contribution in [-0.2, 0) is 11.2 Å².